The van der Waals surface area contributed by atoms with Crippen molar-refractivity contribution >= 4 is 27.1 Å². The van der Waals surface area contributed by atoms with Gasteiger partial charge >= 0.3 is 0 Å². The molecule has 2 heterocycles. The van der Waals surface area contributed by atoms with E-state index in [1.165, 1.54) is 4.70 Å². The third-order valence-corrected chi connectivity index (χ3v) is 3.82. The molecule has 0 atom stereocenters. The van der Waals surface area contributed by atoms with Gasteiger partial charge in [0.2, 0.25) is 0 Å². The van der Waals surface area contributed by atoms with Gasteiger partial charge in [0, 0.05) is 11.8 Å². The second-order valence-corrected chi connectivity index (χ2v) is 5.05. The molecule has 0 aliphatic heterocycles. The lowest BCUT2D eigenvalue weighted by molar-refractivity contribution is 1.26. The Labute approximate surface area is 115 Å². The standard InChI is InChI=1S/C16H12N2S/c1-2-7-12(13-8-5-6-11-17-13)16-18-14-9-3-4-10-15(14)19-16/h2-11H,1H2. The van der Waals surface area contributed by atoms with Crippen LogP contribution in [0.2, 0.25) is 0 Å². The highest BCUT2D eigenvalue weighted by molar-refractivity contribution is 7.19. The summed E-state index contributed by atoms with van der Waals surface area (Å²) in [5.74, 6) is 0. The summed E-state index contributed by atoms with van der Waals surface area (Å²) in [6.45, 7) is 3.78. The molecule has 0 fully saturated rings. The van der Waals surface area contributed by atoms with E-state index in [1.54, 1.807) is 23.6 Å². The Hall–Kier alpha value is -2.26. The molecule has 2 nitrogen and oxygen atoms in total. The molecule has 0 bridgehead atoms. The third kappa shape index (κ3) is 2.33. The Balaban J connectivity index is 2.15. The van der Waals surface area contributed by atoms with Crippen LogP contribution in [0.3, 0.4) is 0 Å². The van der Waals surface area contributed by atoms with E-state index in [2.05, 4.69) is 22.6 Å². The number of thiazole rings is 1. The maximum Gasteiger partial charge on any atom is 0.126 e. The number of hydrogen-bond donors (Lipinski definition) is 0. The zero-order chi connectivity index (χ0) is 13.1. The predicted octanol–water partition coefficient (Wildman–Crippen LogP) is 4.31. The smallest absolute Gasteiger partial charge is 0.126 e. The minimum absolute atomic E-state index is 0.918. The van der Waals surface area contributed by atoms with E-state index in [0.717, 1.165) is 21.8 Å². The fraction of sp³-hybridized carbons (Fsp3) is 0. The zero-order valence-electron chi connectivity index (χ0n) is 10.3. The summed E-state index contributed by atoms with van der Waals surface area (Å²) in [6, 6.07) is 14.0. The van der Waals surface area contributed by atoms with E-state index >= 15 is 0 Å². The number of para-hydroxylation sites is 1. The van der Waals surface area contributed by atoms with E-state index in [1.807, 2.05) is 42.5 Å². The van der Waals surface area contributed by atoms with Crippen molar-refractivity contribution in [2.75, 3.05) is 0 Å². The van der Waals surface area contributed by atoms with Crippen molar-refractivity contribution < 1.29 is 0 Å². The van der Waals surface area contributed by atoms with Crippen LogP contribution in [0.1, 0.15) is 10.7 Å². The highest BCUT2D eigenvalue weighted by Gasteiger charge is 2.10. The van der Waals surface area contributed by atoms with Gasteiger partial charge in [-0.1, -0.05) is 36.9 Å². The van der Waals surface area contributed by atoms with Crippen LogP contribution in [0, 0.1) is 0 Å². The lowest BCUT2D eigenvalue weighted by Gasteiger charge is -2.01. The number of rotatable bonds is 3. The van der Waals surface area contributed by atoms with Gasteiger partial charge in [-0.3, -0.25) is 4.98 Å². The van der Waals surface area contributed by atoms with Crippen LogP contribution in [0.5, 0.6) is 0 Å². The molecule has 0 saturated heterocycles. The molecule has 0 amide bonds. The first-order valence-electron chi connectivity index (χ1n) is 5.98. The van der Waals surface area contributed by atoms with Crippen LogP contribution in [-0.2, 0) is 0 Å². The van der Waals surface area contributed by atoms with E-state index in [9.17, 15) is 0 Å². The second kappa shape index (κ2) is 5.16. The molecular formula is C16H12N2S. The van der Waals surface area contributed by atoms with E-state index in [4.69, 9.17) is 0 Å². The Morgan fingerprint density at radius 1 is 1.11 bits per heavy atom. The van der Waals surface area contributed by atoms with E-state index < -0.39 is 0 Å². The van der Waals surface area contributed by atoms with Gasteiger partial charge in [-0.05, 0) is 24.3 Å². The van der Waals surface area contributed by atoms with Gasteiger partial charge in [0.1, 0.15) is 5.01 Å². The van der Waals surface area contributed by atoms with Crippen LogP contribution >= 0.6 is 11.3 Å². The molecule has 2 aromatic heterocycles. The summed E-state index contributed by atoms with van der Waals surface area (Å²) in [5.41, 5.74) is 2.95. The molecular weight excluding hydrogens is 252 g/mol. The van der Waals surface area contributed by atoms with Crippen LogP contribution < -0.4 is 0 Å². The van der Waals surface area contributed by atoms with Crippen LogP contribution in [-0.4, -0.2) is 9.97 Å². The first-order valence-corrected chi connectivity index (χ1v) is 6.80. The first kappa shape index (κ1) is 11.8. The molecule has 0 aliphatic carbocycles. The predicted molar refractivity (Wildman–Crippen MR) is 81.1 cm³/mol. The summed E-state index contributed by atoms with van der Waals surface area (Å²) < 4.78 is 1.18. The molecule has 0 aliphatic rings. The fourth-order valence-corrected chi connectivity index (χ4v) is 2.89. The third-order valence-electron chi connectivity index (χ3n) is 2.75. The molecule has 0 spiro atoms. The Kier molecular flexibility index (Phi) is 3.21. The monoisotopic (exact) mass is 264 g/mol. The largest absolute Gasteiger partial charge is 0.256 e. The summed E-state index contributed by atoms with van der Waals surface area (Å²) in [4.78, 5) is 9.07. The van der Waals surface area contributed by atoms with Crippen molar-refractivity contribution in [1.29, 1.82) is 0 Å². The molecule has 1 aromatic carbocycles. The maximum absolute atomic E-state index is 4.67. The molecule has 19 heavy (non-hydrogen) atoms. The molecule has 0 unspecified atom stereocenters. The topological polar surface area (TPSA) is 25.8 Å². The molecule has 0 saturated carbocycles. The molecule has 0 radical (unpaired) electrons. The van der Waals surface area contributed by atoms with E-state index in [0.29, 0.717) is 0 Å². The Morgan fingerprint density at radius 2 is 1.95 bits per heavy atom. The van der Waals surface area contributed by atoms with Gasteiger partial charge in [-0.2, -0.15) is 0 Å². The van der Waals surface area contributed by atoms with Gasteiger partial charge in [-0.25, -0.2) is 4.98 Å². The van der Waals surface area contributed by atoms with Crippen molar-refractivity contribution in [3.63, 3.8) is 0 Å². The van der Waals surface area contributed by atoms with Crippen LogP contribution in [0.4, 0.5) is 0 Å². The average Bonchev–Trinajstić information content (AvgIpc) is 2.89. The highest BCUT2D eigenvalue weighted by Crippen LogP contribution is 2.30. The number of hydrogen-bond acceptors (Lipinski definition) is 3. The quantitative estimate of drug-likeness (QED) is 0.659. The van der Waals surface area contributed by atoms with Crippen LogP contribution in [0.15, 0.2) is 67.4 Å². The molecule has 0 N–H and O–H groups in total. The summed E-state index contributed by atoms with van der Waals surface area (Å²) in [6.07, 6.45) is 5.52. The van der Waals surface area contributed by atoms with Crippen LogP contribution in [0.25, 0.3) is 15.8 Å². The lowest BCUT2D eigenvalue weighted by atomic mass is 10.1. The van der Waals surface area contributed by atoms with Crippen molar-refractivity contribution in [2.45, 2.75) is 0 Å². The van der Waals surface area contributed by atoms with Gasteiger partial charge < -0.3 is 0 Å². The minimum atomic E-state index is 0.918. The number of nitrogens with zero attached hydrogens (tertiary/aromatic N) is 2. The molecule has 3 heteroatoms. The van der Waals surface area contributed by atoms with Crippen molar-refractivity contribution in [3.05, 3.63) is 78.1 Å². The minimum Gasteiger partial charge on any atom is -0.256 e. The summed E-state index contributed by atoms with van der Waals surface area (Å²) in [7, 11) is 0. The molecule has 3 rings (SSSR count). The van der Waals surface area contributed by atoms with Gasteiger partial charge in [0.15, 0.2) is 0 Å². The molecule has 3 aromatic rings. The van der Waals surface area contributed by atoms with Crippen molar-refractivity contribution in [1.82, 2.24) is 9.97 Å². The summed E-state index contributed by atoms with van der Waals surface area (Å²) >= 11 is 1.67. The first-order chi connectivity index (χ1) is 9.38. The maximum atomic E-state index is 4.67. The Morgan fingerprint density at radius 3 is 2.68 bits per heavy atom. The average molecular weight is 264 g/mol. The Bertz CT molecular complexity index is 709. The lowest BCUT2D eigenvalue weighted by Crippen LogP contribution is -1.89. The molecule has 92 valence electrons. The number of aromatic nitrogens is 2. The van der Waals surface area contributed by atoms with Gasteiger partial charge in [0.05, 0.1) is 15.9 Å². The number of benzene rings is 1. The zero-order valence-corrected chi connectivity index (χ0v) is 11.1. The highest BCUT2D eigenvalue weighted by atomic mass is 32.1. The number of pyridine rings is 1. The van der Waals surface area contributed by atoms with Gasteiger partial charge in [-0.15, -0.1) is 11.3 Å². The van der Waals surface area contributed by atoms with E-state index in [-0.39, 0.29) is 0 Å². The normalized spacial score (nSPS) is 11.7. The van der Waals surface area contributed by atoms with Gasteiger partial charge in [0.25, 0.3) is 0 Å². The van der Waals surface area contributed by atoms with Crippen molar-refractivity contribution in [3.8, 4) is 0 Å². The number of fused-ring (bicyclic) bond motifs is 1. The number of allylic oxidation sites excluding steroid dienone is 2. The second-order valence-electron chi connectivity index (χ2n) is 4.02. The fourth-order valence-electron chi connectivity index (χ4n) is 1.89. The summed E-state index contributed by atoms with van der Waals surface area (Å²) in [5, 5.41) is 0.972. The van der Waals surface area contributed by atoms with Crippen molar-refractivity contribution in [2.24, 2.45) is 0 Å². The SMILES string of the molecule is C=CC=C(c1ccccn1)c1nc2ccccc2s1.